The lowest BCUT2D eigenvalue weighted by atomic mass is 10.0. The second-order valence-corrected chi connectivity index (χ2v) is 7.85. The predicted molar refractivity (Wildman–Crippen MR) is 123 cm³/mol. The predicted octanol–water partition coefficient (Wildman–Crippen LogP) is 3.88. The molecule has 1 saturated heterocycles. The number of nitrogens with zero attached hydrogens (tertiary/aromatic N) is 5. The standard InChI is InChI=1S/C24H26N6O/c1-17-5-3-6-18(2)21(17)16-25-19-7-8-22-20(15-19)23(29-11-13-31-14-12-29)28-24(27-22)30-10-4-9-26-30/h3-10,15,25H,11-14,16H2,1-2H3. The second kappa shape index (κ2) is 8.35. The van der Waals surface area contributed by atoms with Crippen LogP contribution >= 0.6 is 0 Å². The van der Waals surface area contributed by atoms with Gasteiger partial charge in [0, 0.05) is 43.1 Å². The van der Waals surface area contributed by atoms with Crippen molar-refractivity contribution in [3.05, 3.63) is 71.5 Å². The van der Waals surface area contributed by atoms with Crippen molar-refractivity contribution >= 4 is 22.4 Å². The number of morpholine rings is 1. The maximum absolute atomic E-state index is 5.55. The number of ether oxygens (including phenoxy) is 1. The number of fused-ring (bicyclic) bond motifs is 1. The molecule has 3 heterocycles. The smallest absolute Gasteiger partial charge is 0.253 e. The molecule has 0 amide bonds. The summed E-state index contributed by atoms with van der Waals surface area (Å²) in [6.45, 7) is 8.12. The van der Waals surface area contributed by atoms with E-state index in [1.165, 1.54) is 16.7 Å². The minimum Gasteiger partial charge on any atom is -0.381 e. The van der Waals surface area contributed by atoms with E-state index >= 15 is 0 Å². The van der Waals surface area contributed by atoms with Crippen LogP contribution in [0.2, 0.25) is 0 Å². The number of aromatic nitrogens is 4. The molecule has 1 aliphatic rings. The van der Waals surface area contributed by atoms with Gasteiger partial charge in [-0.3, -0.25) is 0 Å². The molecule has 2 aromatic carbocycles. The number of hydrogen-bond acceptors (Lipinski definition) is 6. The van der Waals surface area contributed by atoms with Gasteiger partial charge in [-0.15, -0.1) is 0 Å². The quantitative estimate of drug-likeness (QED) is 0.535. The zero-order valence-corrected chi connectivity index (χ0v) is 17.9. The average molecular weight is 415 g/mol. The lowest BCUT2D eigenvalue weighted by Crippen LogP contribution is -2.37. The Morgan fingerprint density at radius 2 is 1.81 bits per heavy atom. The van der Waals surface area contributed by atoms with Crippen molar-refractivity contribution in [3.8, 4) is 5.95 Å². The Morgan fingerprint density at radius 1 is 1.00 bits per heavy atom. The van der Waals surface area contributed by atoms with Crippen molar-refractivity contribution in [2.24, 2.45) is 0 Å². The minimum absolute atomic E-state index is 0.579. The summed E-state index contributed by atoms with van der Waals surface area (Å²) < 4.78 is 7.26. The monoisotopic (exact) mass is 414 g/mol. The molecule has 1 aliphatic heterocycles. The van der Waals surface area contributed by atoms with Gasteiger partial charge in [0.25, 0.3) is 5.95 Å². The van der Waals surface area contributed by atoms with Gasteiger partial charge in [0.05, 0.1) is 18.7 Å². The van der Waals surface area contributed by atoms with Crippen molar-refractivity contribution in [2.75, 3.05) is 36.5 Å². The fourth-order valence-corrected chi connectivity index (χ4v) is 4.03. The topological polar surface area (TPSA) is 68.1 Å². The maximum Gasteiger partial charge on any atom is 0.253 e. The summed E-state index contributed by atoms with van der Waals surface area (Å²) in [7, 11) is 0. The summed E-state index contributed by atoms with van der Waals surface area (Å²) in [6.07, 6.45) is 3.60. The van der Waals surface area contributed by atoms with E-state index in [-0.39, 0.29) is 0 Å². The molecule has 1 fully saturated rings. The van der Waals surface area contributed by atoms with E-state index in [0.717, 1.165) is 42.0 Å². The second-order valence-electron chi connectivity index (χ2n) is 7.85. The number of rotatable bonds is 5. The van der Waals surface area contributed by atoms with E-state index in [1.54, 1.807) is 10.9 Å². The molecule has 158 valence electrons. The lowest BCUT2D eigenvalue weighted by Gasteiger charge is -2.29. The first kappa shape index (κ1) is 19.5. The van der Waals surface area contributed by atoms with Gasteiger partial charge in [-0.05, 0) is 54.8 Å². The molecule has 2 aromatic heterocycles. The normalized spacial score (nSPS) is 14.2. The molecular weight excluding hydrogens is 388 g/mol. The van der Waals surface area contributed by atoms with Crippen molar-refractivity contribution in [1.82, 2.24) is 19.7 Å². The molecule has 0 radical (unpaired) electrons. The Morgan fingerprint density at radius 3 is 2.55 bits per heavy atom. The molecule has 1 N–H and O–H groups in total. The fraction of sp³-hybridized carbons (Fsp3) is 0.292. The molecule has 0 saturated carbocycles. The van der Waals surface area contributed by atoms with Crippen LogP contribution in [-0.4, -0.2) is 46.1 Å². The molecule has 7 heteroatoms. The molecule has 0 aliphatic carbocycles. The van der Waals surface area contributed by atoms with Crippen LogP contribution in [0.5, 0.6) is 0 Å². The third kappa shape index (κ3) is 3.96. The highest BCUT2D eigenvalue weighted by molar-refractivity contribution is 5.92. The van der Waals surface area contributed by atoms with Gasteiger partial charge >= 0.3 is 0 Å². The van der Waals surface area contributed by atoms with Crippen molar-refractivity contribution in [3.63, 3.8) is 0 Å². The van der Waals surface area contributed by atoms with Gasteiger partial charge in [0.15, 0.2) is 0 Å². The number of anilines is 2. The first-order valence-electron chi connectivity index (χ1n) is 10.6. The molecule has 0 atom stereocenters. The minimum atomic E-state index is 0.579. The number of aryl methyl sites for hydroxylation is 2. The Hall–Kier alpha value is -3.45. The SMILES string of the molecule is Cc1cccc(C)c1CNc1ccc2nc(-n3cccn3)nc(N3CCOCC3)c2c1. The molecule has 0 unspecified atom stereocenters. The van der Waals surface area contributed by atoms with Crippen LogP contribution in [0.3, 0.4) is 0 Å². The number of nitrogens with one attached hydrogen (secondary N) is 1. The molecular formula is C24H26N6O. The highest BCUT2D eigenvalue weighted by Crippen LogP contribution is 2.29. The Bertz CT molecular complexity index is 1180. The van der Waals surface area contributed by atoms with Crippen LogP contribution in [-0.2, 0) is 11.3 Å². The van der Waals surface area contributed by atoms with Crippen LogP contribution in [0, 0.1) is 13.8 Å². The van der Waals surface area contributed by atoms with Crippen molar-refractivity contribution in [2.45, 2.75) is 20.4 Å². The van der Waals surface area contributed by atoms with Crippen LogP contribution in [0.15, 0.2) is 54.9 Å². The van der Waals surface area contributed by atoms with E-state index in [4.69, 9.17) is 14.7 Å². The molecule has 5 rings (SSSR count). The Balaban J connectivity index is 1.52. The Labute approximate surface area is 181 Å². The van der Waals surface area contributed by atoms with Gasteiger partial charge < -0.3 is 15.0 Å². The first-order valence-corrected chi connectivity index (χ1v) is 10.6. The summed E-state index contributed by atoms with van der Waals surface area (Å²) in [5.74, 6) is 1.50. The van der Waals surface area contributed by atoms with Crippen molar-refractivity contribution < 1.29 is 4.74 Å². The Kier molecular flexibility index (Phi) is 5.26. The van der Waals surface area contributed by atoms with Crippen LogP contribution in [0.1, 0.15) is 16.7 Å². The highest BCUT2D eigenvalue weighted by atomic mass is 16.5. The molecule has 0 bridgehead atoms. The summed E-state index contributed by atoms with van der Waals surface area (Å²) >= 11 is 0. The number of hydrogen-bond donors (Lipinski definition) is 1. The van der Waals surface area contributed by atoms with E-state index in [0.29, 0.717) is 19.2 Å². The van der Waals surface area contributed by atoms with Crippen LogP contribution in [0.25, 0.3) is 16.9 Å². The van der Waals surface area contributed by atoms with Gasteiger partial charge in [-0.1, -0.05) is 18.2 Å². The third-order valence-electron chi connectivity index (χ3n) is 5.80. The summed E-state index contributed by atoms with van der Waals surface area (Å²) in [6, 6.07) is 14.6. The third-order valence-corrected chi connectivity index (χ3v) is 5.80. The highest BCUT2D eigenvalue weighted by Gasteiger charge is 2.18. The van der Waals surface area contributed by atoms with Crippen LogP contribution < -0.4 is 10.2 Å². The zero-order valence-electron chi connectivity index (χ0n) is 17.9. The maximum atomic E-state index is 5.55. The molecule has 31 heavy (non-hydrogen) atoms. The van der Waals surface area contributed by atoms with E-state index in [1.807, 2.05) is 12.3 Å². The largest absolute Gasteiger partial charge is 0.381 e. The fourth-order valence-electron chi connectivity index (χ4n) is 4.03. The molecule has 4 aromatic rings. The van der Waals surface area contributed by atoms with Gasteiger partial charge in [0.1, 0.15) is 5.82 Å². The van der Waals surface area contributed by atoms with Gasteiger partial charge in [-0.2, -0.15) is 10.1 Å². The summed E-state index contributed by atoms with van der Waals surface area (Å²) in [4.78, 5) is 11.9. The molecule has 0 spiro atoms. The number of benzene rings is 2. The summed E-state index contributed by atoms with van der Waals surface area (Å²) in [5, 5.41) is 8.94. The van der Waals surface area contributed by atoms with Gasteiger partial charge in [-0.25, -0.2) is 9.67 Å². The first-order chi connectivity index (χ1) is 15.2. The van der Waals surface area contributed by atoms with E-state index in [9.17, 15) is 0 Å². The van der Waals surface area contributed by atoms with Crippen LogP contribution in [0.4, 0.5) is 11.5 Å². The van der Waals surface area contributed by atoms with Gasteiger partial charge in [0.2, 0.25) is 0 Å². The average Bonchev–Trinajstić information content (AvgIpc) is 3.34. The zero-order chi connectivity index (χ0) is 21.2. The van der Waals surface area contributed by atoms with E-state index < -0.39 is 0 Å². The summed E-state index contributed by atoms with van der Waals surface area (Å²) in [5.41, 5.74) is 5.89. The van der Waals surface area contributed by atoms with Crippen molar-refractivity contribution in [1.29, 1.82) is 0 Å². The van der Waals surface area contributed by atoms with E-state index in [2.05, 4.69) is 65.6 Å². The lowest BCUT2D eigenvalue weighted by molar-refractivity contribution is 0.122. The molecule has 7 nitrogen and oxygen atoms in total.